The van der Waals surface area contributed by atoms with Crippen LogP contribution in [0.1, 0.15) is 26.3 Å². The first-order valence-electron chi connectivity index (χ1n) is 5.55. The number of ether oxygens (including phenoxy) is 1. The van der Waals surface area contributed by atoms with Crippen LogP contribution in [-0.2, 0) is 0 Å². The van der Waals surface area contributed by atoms with E-state index >= 15 is 0 Å². The fourth-order valence-electron chi connectivity index (χ4n) is 1.37. The summed E-state index contributed by atoms with van der Waals surface area (Å²) in [6, 6.07) is 5.66. The molecule has 0 fully saturated rings. The van der Waals surface area contributed by atoms with Crippen LogP contribution in [0.3, 0.4) is 0 Å². The molecule has 0 radical (unpaired) electrons. The van der Waals surface area contributed by atoms with Gasteiger partial charge in [-0.25, -0.2) is 0 Å². The van der Waals surface area contributed by atoms with Crippen molar-refractivity contribution in [3.63, 3.8) is 0 Å². The Kier molecular flexibility index (Phi) is 4.34. The highest BCUT2D eigenvalue weighted by Crippen LogP contribution is 2.24. The molecular weight excluding hydrogens is 232 g/mol. The Morgan fingerprint density at radius 2 is 2.06 bits per heavy atom. The number of methoxy groups -OCH3 is 1. The normalized spacial score (nSPS) is 11.1. The van der Waals surface area contributed by atoms with E-state index in [4.69, 9.17) is 22.7 Å². The Labute approximate surface area is 108 Å². The van der Waals surface area contributed by atoms with Crippen molar-refractivity contribution in [1.82, 2.24) is 0 Å². The van der Waals surface area contributed by atoms with Crippen molar-refractivity contribution in [2.45, 2.75) is 20.8 Å². The second kappa shape index (κ2) is 5.36. The van der Waals surface area contributed by atoms with Crippen LogP contribution < -0.4 is 15.8 Å². The molecule has 0 bridgehead atoms. The van der Waals surface area contributed by atoms with Gasteiger partial charge in [-0.15, -0.1) is 0 Å². The first kappa shape index (κ1) is 13.8. The van der Waals surface area contributed by atoms with Gasteiger partial charge in [0.2, 0.25) is 0 Å². The summed E-state index contributed by atoms with van der Waals surface area (Å²) >= 11 is 5.03. The van der Waals surface area contributed by atoms with E-state index in [0.29, 0.717) is 4.99 Å². The standard InChI is InChI=1S/C13H20N2OS/c1-13(2,3)8-15-11-7-9(16-4)5-6-10(11)12(14)17/h5-7,15H,8H2,1-4H3,(H2,14,17). The number of thiocarbonyl (C=S) groups is 1. The fourth-order valence-corrected chi connectivity index (χ4v) is 1.55. The second-order valence-electron chi connectivity index (χ2n) is 5.19. The molecule has 0 aliphatic rings. The van der Waals surface area contributed by atoms with Crippen molar-refractivity contribution < 1.29 is 4.74 Å². The van der Waals surface area contributed by atoms with Gasteiger partial charge in [-0.05, 0) is 17.5 Å². The molecule has 0 saturated carbocycles. The molecule has 1 aromatic carbocycles. The van der Waals surface area contributed by atoms with Gasteiger partial charge >= 0.3 is 0 Å². The van der Waals surface area contributed by atoms with Crippen LogP contribution in [0.5, 0.6) is 5.75 Å². The van der Waals surface area contributed by atoms with Crippen LogP contribution >= 0.6 is 12.2 Å². The Morgan fingerprint density at radius 3 is 2.53 bits per heavy atom. The van der Waals surface area contributed by atoms with Crippen LogP contribution in [0.25, 0.3) is 0 Å². The minimum atomic E-state index is 0.191. The average Bonchev–Trinajstić information content (AvgIpc) is 2.24. The quantitative estimate of drug-likeness (QED) is 0.809. The highest BCUT2D eigenvalue weighted by molar-refractivity contribution is 7.80. The molecule has 0 aliphatic carbocycles. The molecule has 4 heteroatoms. The molecule has 0 unspecified atom stereocenters. The summed E-state index contributed by atoms with van der Waals surface area (Å²) in [6.45, 7) is 7.34. The molecule has 0 atom stereocenters. The minimum absolute atomic E-state index is 0.191. The van der Waals surface area contributed by atoms with Crippen molar-refractivity contribution in [2.24, 2.45) is 11.1 Å². The molecule has 3 N–H and O–H groups in total. The maximum atomic E-state index is 5.70. The Bertz CT molecular complexity index is 410. The highest BCUT2D eigenvalue weighted by atomic mass is 32.1. The van der Waals surface area contributed by atoms with Gasteiger partial charge in [0.25, 0.3) is 0 Å². The number of hydrogen-bond donors (Lipinski definition) is 2. The van der Waals surface area contributed by atoms with Crippen LogP contribution in [0.2, 0.25) is 0 Å². The molecule has 0 amide bonds. The zero-order valence-corrected chi connectivity index (χ0v) is 11.6. The van der Waals surface area contributed by atoms with Gasteiger partial charge in [-0.3, -0.25) is 0 Å². The van der Waals surface area contributed by atoms with E-state index in [1.807, 2.05) is 18.2 Å². The van der Waals surface area contributed by atoms with Crippen molar-refractivity contribution in [3.05, 3.63) is 23.8 Å². The van der Waals surface area contributed by atoms with E-state index in [1.54, 1.807) is 7.11 Å². The Balaban J connectivity index is 2.97. The van der Waals surface area contributed by atoms with E-state index in [0.717, 1.165) is 23.5 Å². The van der Waals surface area contributed by atoms with E-state index in [1.165, 1.54) is 0 Å². The Hall–Kier alpha value is -1.29. The minimum Gasteiger partial charge on any atom is -0.497 e. The lowest BCUT2D eigenvalue weighted by atomic mass is 9.96. The zero-order valence-electron chi connectivity index (χ0n) is 10.8. The molecule has 94 valence electrons. The molecule has 0 aromatic heterocycles. The van der Waals surface area contributed by atoms with Gasteiger partial charge in [0.05, 0.1) is 7.11 Å². The monoisotopic (exact) mass is 252 g/mol. The molecule has 0 aliphatic heterocycles. The number of nitrogens with one attached hydrogen (secondary N) is 1. The van der Waals surface area contributed by atoms with Gasteiger partial charge in [-0.2, -0.15) is 0 Å². The summed E-state index contributed by atoms with van der Waals surface area (Å²) in [7, 11) is 1.64. The van der Waals surface area contributed by atoms with E-state index in [-0.39, 0.29) is 5.41 Å². The van der Waals surface area contributed by atoms with Crippen molar-refractivity contribution in [1.29, 1.82) is 0 Å². The van der Waals surface area contributed by atoms with Crippen LogP contribution in [0, 0.1) is 5.41 Å². The summed E-state index contributed by atoms with van der Waals surface area (Å²) in [4.78, 5) is 0.393. The molecular formula is C13H20N2OS. The van der Waals surface area contributed by atoms with Gasteiger partial charge in [-0.1, -0.05) is 33.0 Å². The third-order valence-corrected chi connectivity index (χ3v) is 2.52. The number of rotatable bonds is 4. The summed E-state index contributed by atoms with van der Waals surface area (Å²) in [5, 5.41) is 3.36. The maximum absolute atomic E-state index is 5.70. The van der Waals surface area contributed by atoms with E-state index in [2.05, 4.69) is 26.1 Å². The van der Waals surface area contributed by atoms with Gasteiger partial charge in [0.1, 0.15) is 10.7 Å². The van der Waals surface area contributed by atoms with Gasteiger partial charge < -0.3 is 15.8 Å². The molecule has 0 saturated heterocycles. The number of anilines is 1. The lowest BCUT2D eigenvalue weighted by Gasteiger charge is -2.21. The second-order valence-corrected chi connectivity index (χ2v) is 5.63. The molecule has 1 rings (SSSR count). The zero-order chi connectivity index (χ0) is 13.1. The van der Waals surface area contributed by atoms with Crippen molar-refractivity contribution in [3.8, 4) is 5.75 Å². The molecule has 3 nitrogen and oxygen atoms in total. The Morgan fingerprint density at radius 1 is 1.41 bits per heavy atom. The topological polar surface area (TPSA) is 47.3 Å². The summed E-state index contributed by atoms with van der Waals surface area (Å²) in [5.41, 5.74) is 7.66. The molecule has 1 aromatic rings. The summed E-state index contributed by atoms with van der Waals surface area (Å²) in [6.07, 6.45) is 0. The smallest absolute Gasteiger partial charge is 0.120 e. The predicted octanol–water partition coefficient (Wildman–Crippen LogP) is 2.79. The van der Waals surface area contributed by atoms with Crippen LogP contribution in [0.15, 0.2) is 18.2 Å². The number of hydrogen-bond acceptors (Lipinski definition) is 3. The van der Waals surface area contributed by atoms with Crippen LogP contribution in [-0.4, -0.2) is 18.6 Å². The van der Waals surface area contributed by atoms with E-state index < -0.39 is 0 Å². The third kappa shape index (κ3) is 4.23. The first-order valence-corrected chi connectivity index (χ1v) is 5.96. The van der Waals surface area contributed by atoms with Crippen molar-refractivity contribution >= 4 is 22.9 Å². The van der Waals surface area contributed by atoms with E-state index in [9.17, 15) is 0 Å². The lowest BCUT2D eigenvalue weighted by molar-refractivity contribution is 0.414. The molecule has 17 heavy (non-hydrogen) atoms. The molecule has 0 heterocycles. The van der Waals surface area contributed by atoms with Gasteiger partial charge in [0.15, 0.2) is 0 Å². The maximum Gasteiger partial charge on any atom is 0.120 e. The fraction of sp³-hybridized carbons (Fsp3) is 0.462. The number of nitrogens with two attached hydrogens (primary N) is 1. The number of benzene rings is 1. The average molecular weight is 252 g/mol. The van der Waals surface area contributed by atoms with Crippen LogP contribution in [0.4, 0.5) is 5.69 Å². The predicted molar refractivity (Wildman–Crippen MR) is 76.8 cm³/mol. The summed E-state index contributed by atoms with van der Waals surface area (Å²) < 4.78 is 5.20. The third-order valence-electron chi connectivity index (χ3n) is 2.30. The lowest BCUT2D eigenvalue weighted by Crippen LogP contribution is -2.21. The first-order chi connectivity index (χ1) is 7.83. The highest BCUT2D eigenvalue weighted by Gasteiger charge is 2.12. The summed E-state index contributed by atoms with van der Waals surface area (Å²) in [5.74, 6) is 0.793. The van der Waals surface area contributed by atoms with Gasteiger partial charge in [0, 0.05) is 23.9 Å². The molecule has 0 spiro atoms. The SMILES string of the molecule is COc1ccc(C(N)=S)c(NCC(C)(C)C)c1. The largest absolute Gasteiger partial charge is 0.497 e. The van der Waals surface area contributed by atoms with Crippen molar-refractivity contribution in [2.75, 3.05) is 19.0 Å².